The van der Waals surface area contributed by atoms with Gasteiger partial charge in [-0.05, 0) is 31.0 Å². The van der Waals surface area contributed by atoms with E-state index in [2.05, 4.69) is 10.4 Å². The molecule has 0 bridgehead atoms. The quantitative estimate of drug-likeness (QED) is 0.926. The molecule has 1 aromatic heterocycles. The van der Waals surface area contributed by atoms with Crippen LogP contribution in [-0.4, -0.2) is 21.7 Å². The summed E-state index contributed by atoms with van der Waals surface area (Å²) >= 11 is 5.89. The number of carbonyl (C=O) groups is 1. The molecular formula is C18H20ClN3O2. The number of rotatable bonds is 4. The third-order valence-electron chi connectivity index (χ3n) is 4.27. The van der Waals surface area contributed by atoms with E-state index < -0.39 is 0 Å². The molecule has 0 spiro atoms. The van der Waals surface area contributed by atoms with Gasteiger partial charge in [-0.25, -0.2) is 4.68 Å². The molecule has 24 heavy (non-hydrogen) atoms. The van der Waals surface area contributed by atoms with Crippen molar-refractivity contribution in [1.82, 2.24) is 15.1 Å². The lowest BCUT2D eigenvalue weighted by atomic mass is 9.95. The van der Waals surface area contributed by atoms with Crippen molar-refractivity contribution in [3.05, 3.63) is 51.8 Å². The summed E-state index contributed by atoms with van der Waals surface area (Å²) in [7, 11) is 0. The average Bonchev–Trinajstić information content (AvgIpc) is 2.58. The molecule has 0 aliphatic heterocycles. The van der Waals surface area contributed by atoms with Crippen molar-refractivity contribution in [3.63, 3.8) is 0 Å². The van der Waals surface area contributed by atoms with Gasteiger partial charge in [0.1, 0.15) is 6.54 Å². The van der Waals surface area contributed by atoms with Crippen LogP contribution < -0.4 is 10.9 Å². The Morgan fingerprint density at radius 1 is 1.12 bits per heavy atom. The highest BCUT2D eigenvalue weighted by Gasteiger charge is 2.16. The molecule has 1 fully saturated rings. The normalized spacial score (nSPS) is 15.2. The number of aromatic nitrogens is 2. The first-order valence-electron chi connectivity index (χ1n) is 8.25. The smallest absolute Gasteiger partial charge is 0.267 e. The van der Waals surface area contributed by atoms with Crippen LogP contribution in [0.25, 0.3) is 11.3 Å². The molecule has 2 aromatic rings. The predicted octanol–water partition coefficient (Wildman–Crippen LogP) is 3.01. The molecule has 5 nitrogen and oxygen atoms in total. The lowest BCUT2D eigenvalue weighted by Crippen LogP contribution is -2.40. The highest BCUT2D eigenvalue weighted by Crippen LogP contribution is 2.19. The molecule has 1 N–H and O–H groups in total. The van der Waals surface area contributed by atoms with Crippen molar-refractivity contribution < 1.29 is 4.79 Å². The van der Waals surface area contributed by atoms with Gasteiger partial charge in [0.15, 0.2) is 0 Å². The molecule has 1 aliphatic carbocycles. The fourth-order valence-corrected chi connectivity index (χ4v) is 3.12. The summed E-state index contributed by atoms with van der Waals surface area (Å²) in [4.78, 5) is 24.2. The van der Waals surface area contributed by atoms with Gasteiger partial charge in [-0.2, -0.15) is 5.10 Å². The monoisotopic (exact) mass is 345 g/mol. The van der Waals surface area contributed by atoms with Gasteiger partial charge < -0.3 is 5.32 Å². The van der Waals surface area contributed by atoms with E-state index in [4.69, 9.17) is 11.6 Å². The van der Waals surface area contributed by atoms with Crippen molar-refractivity contribution in [1.29, 1.82) is 0 Å². The van der Waals surface area contributed by atoms with E-state index in [0.29, 0.717) is 10.7 Å². The van der Waals surface area contributed by atoms with Crippen LogP contribution in [0.3, 0.4) is 0 Å². The lowest BCUT2D eigenvalue weighted by molar-refractivity contribution is -0.122. The van der Waals surface area contributed by atoms with Crippen LogP contribution in [0.5, 0.6) is 0 Å². The van der Waals surface area contributed by atoms with Crippen LogP contribution in [-0.2, 0) is 11.3 Å². The van der Waals surface area contributed by atoms with Gasteiger partial charge in [0.2, 0.25) is 5.91 Å². The number of hydrogen-bond donors (Lipinski definition) is 1. The largest absolute Gasteiger partial charge is 0.352 e. The van der Waals surface area contributed by atoms with Gasteiger partial charge in [0, 0.05) is 22.7 Å². The second kappa shape index (κ2) is 7.62. The molecule has 6 heteroatoms. The first-order chi connectivity index (χ1) is 11.6. The Bertz CT molecular complexity index is 765. The Kier molecular flexibility index (Phi) is 5.30. The summed E-state index contributed by atoms with van der Waals surface area (Å²) in [5.41, 5.74) is 1.20. The molecule has 0 saturated heterocycles. The van der Waals surface area contributed by atoms with E-state index in [0.717, 1.165) is 31.2 Å². The minimum atomic E-state index is -0.286. The van der Waals surface area contributed by atoms with Gasteiger partial charge in [-0.1, -0.05) is 43.0 Å². The zero-order valence-electron chi connectivity index (χ0n) is 13.4. The Balaban J connectivity index is 1.72. The topological polar surface area (TPSA) is 64.0 Å². The van der Waals surface area contributed by atoms with Crippen molar-refractivity contribution in [2.45, 2.75) is 44.7 Å². The molecule has 1 aromatic carbocycles. The molecule has 1 saturated carbocycles. The van der Waals surface area contributed by atoms with E-state index in [1.165, 1.54) is 17.2 Å². The fourth-order valence-electron chi connectivity index (χ4n) is 2.99. The number of halogens is 1. The van der Waals surface area contributed by atoms with E-state index >= 15 is 0 Å². The Hall–Kier alpha value is -2.14. The zero-order valence-corrected chi connectivity index (χ0v) is 14.1. The SMILES string of the molecule is O=C(Cn1nc(-c2ccc(Cl)cc2)ccc1=O)NC1CCCCC1. The highest BCUT2D eigenvalue weighted by molar-refractivity contribution is 6.30. The minimum Gasteiger partial charge on any atom is -0.352 e. The van der Waals surface area contributed by atoms with Gasteiger partial charge in [0.25, 0.3) is 5.56 Å². The number of hydrogen-bond acceptors (Lipinski definition) is 3. The lowest BCUT2D eigenvalue weighted by Gasteiger charge is -2.22. The summed E-state index contributed by atoms with van der Waals surface area (Å²) in [6, 6.07) is 10.5. The van der Waals surface area contributed by atoms with Crippen LogP contribution in [0.4, 0.5) is 0 Å². The first-order valence-corrected chi connectivity index (χ1v) is 8.63. The van der Waals surface area contributed by atoms with E-state index in [1.54, 1.807) is 18.2 Å². The molecular weight excluding hydrogens is 326 g/mol. The summed E-state index contributed by atoms with van der Waals surface area (Å²) in [6.45, 7) is -0.0588. The summed E-state index contributed by atoms with van der Waals surface area (Å²) in [5, 5.41) is 7.95. The van der Waals surface area contributed by atoms with E-state index in [1.807, 2.05) is 12.1 Å². The van der Waals surface area contributed by atoms with Crippen molar-refractivity contribution in [2.75, 3.05) is 0 Å². The second-order valence-electron chi connectivity index (χ2n) is 6.12. The first kappa shape index (κ1) is 16.7. The number of carbonyl (C=O) groups excluding carboxylic acids is 1. The molecule has 126 valence electrons. The molecule has 3 rings (SSSR count). The van der Waals surface area contributed by atoms with E-state index in [9.17, 15) is 9.59 Å². The van der Waals surface area contributed by atoms with Crippen LogP contribution >= 0.6 is 11.6 Å². The molecule has 1 amide bonds. The summed E-state index contributed by atoms with van der Waals surface area (Å²) in [5.74, 6) is -0.162. The van der Waals surface area contributed by atoms with Gasteiger partial charge >= 0.3 is 0 Å². The average molecular weight is 346 g/mol. The number of amides is 1. The summed E-state index contributed by atoms with van der Waals surface area (Å²) in [6.07, 6.45) is 5.55. The van der Waals surface area contributed by atoms with Crippen LogP contribution in [0.1, 0.15) is 32.1 Å². The van der Waals surface area contributed by atoms with Crippen LogP contribution in [0.2, 0.25) is 5.02 Å². The maximum Gasteiger partial charge on any atom is 0.267 e. The third kappa shape index (κ3) is 4.23. The Morgan fingerprint density at radius 2 is 1.83 bits per heavy atom. The van der Waals surface area contributed by atoms with Crippen molar-refractivity contribution >= 4 is 17.5 Å². The predicted molar refractivity (Wildman–Crippen MR) is 94.0 cm³/mol. The van der Waals surface area contributed by atoms with Crippen LogP contribution in [0.15, 0.2) is 41.2 Å². The standard InChI is InChI=1S/C18H20ClN3O2/c19-14-8-6-13(7-9-14)16-10-11-18(24)22(21-16)12-17(23)20-15-4-2-1-3-5-15/h6-11,15H,1-5,12H2,(H,20,23). The molecule has 0 atom stereocenters. The maximum atomic E-state index is 12.2. The maximum absolute atomic E-state index is 12.2. The fraction of sp³-hybridized carbons (Fsp3) is 0.389. The highest BCUT2D eigenvalue weighted by atomic mass is 35.5. The number of nitrogens with zero attached hydrogens (tertiary/aromatic N) is 2. The second-order valence-corrected chi connectivity index (χ2v) is 6.56. The molecule has 0 radical (unpaired) electrons. The van der Waals surface area contributed by atoms with Gasteiger partial charge in [-0.3, -0.25) is 9.59 Å². The minimum absolute atomic E-state index is 0.0588. The van der Waals surface area contributed by atoms with E-state index in [-0.39, 0.29) is 24.1 Å². The molecule has 1 heterocycles. The number of nitrogens with one attached hydrogen (secondary N) is 1. The Morgan fingerprint density at radius 3 is 2.54 bits per heavy atom. The van der Waals surface area contributed by atoms with Gasteiger partial charge in [-0.15, -0.1) is 0 Å². The summed E-state index contributed by atoms with van der Waals surface area (Å²) < 4.78 is 1.21. The molecule has 1 aliphatic rings. The van der Waals surface area contributed by atoms with Gasteiger partial charge in [0.05, 0.1) is 5.69 Å². The third-order valence-corrected chi connectivity index (χ3v) is 4.52. The zero-order chi connectivity index (χ0) is 16.9. The Labute approximate surface area is 145 Å². The van der Waals surface area contributed by atoms with Crippen molar-refractivity contribution in [2.24, 2.45) is 0 Å². The number of benzene rings is 1. The van der Waals surface area contributed by atoms with Crippen LogP contribution in [0, 0.1) is 0 Å². The van der Waals surface area contributed by atoms with Crippen molar-refractivity contribution in [3.8, 4) is 11.3 Å². The molecule has 0 unspecified atom stereocenters.